The van der Waals surface area contributed by atoms with Crippen LogP contribution in [0.25, 0.3) is 0 Å². The number of halogens is 1. The second-order valence-electron chi connectivity index (χ2n) is 7.31. The molecule has 0 saturated carbocycles. The number of guanidine groups is 1. The summed E-state index contributed by atoms with van der Waals surface area (Å²) in [4.78, 5) is 20.8. The Hall–Kier alpha value is -2.18. The van der Waals surface area contributed by atoms with Crippen molar-refractivity contribution in [2.75, 3.05) is 51.4 Å². The molecule has 1 aliphatic heterocycles. The summed E-state index contributed by atoms with van der Waals surface area (Å²) in [5.41, 5.74) is 3.08. The number of nitrogens with zero attached hydrogens (tertiary/aromatic N) is 5. The van der Waals surface area contributed by atoms with Crippen LogP contribution in [0.2, 0.25) is 0 Å². The van der Waals surface area contributed by atoms with Crippen LogP contribution < -0.4 is 10.2 Å². The zero-order valence-corrected chi connectivity index (χ0v) is 21.3. The minimum atomic E-state index is 0. The Bertz CT molecular complexity index is 888. The molecule has 0 unspecified atom stereocenters. The zero-order valence-electron chi connectivity index (χ0n) is 19.0. The molecule has 176 valence electrons. The molecule has 1 saturated heterocycles. The number of benzene rings is 1. The van der Waals surface area contributed by atoms with Gasteiger partial charge in [0, 0.05) is 46.5 Å². The fourth-order valence-electron chi connectivity index (χ4n) is 3.47. The van der Waals surface area contributed by atoms with Crippen LogP contribution in [0, 0.1) is 0 Å². The van der Waals surface area contributed by atoms with Crippen molar-refractivity contribution in [2.24, 2.45) is 12.0 Å². The number of hydrogen-bond donors (Lipinski definition) is 1. The van der Waals surface area contributed by atoms with E-state index in [9.17, 15) is 4.79 Å². The summed E-state index contributed by atoms with van der Waals surface area (Å²) >= 11 is 0. The van der Waals surface area contributed by atoms with Crippen LogP contribution >= 0.6 is 24.0 Å². The van der Waals surface area contributed by atoms with Crippen molar-refractivity contribution >= 4 is 41.5 Å². The number of aromatic nitrogens is 2. The Morgan fingerprint density at radius 2 is 2.00 bits per heavy atom. The molecule has 0 spiro atoms. The summed E-state index contributed by atoms with van der Waals surface area (Å²) < 4.78 is 12.6. The lowest BCUT2D eigenvalue weighted by atomic mass is 10.1. The third kappa shape index (κ3) is 7.45. The number of ether oxygens (including phenoxy) is 2. The van der Waals surface area contributed by atoms with Crippen molar-refractivity contribution in [1.82, 2.24) is 20.0 Å². The molecule has 9 nitrogen and oxygen atoms in total. The minimum Gasteiger partial charge on any atom is -0.379 e. The highest BCUT2D eigenvalue weighted by atomic mass is 127. The number of nitrogens with one attached hydrogen (secondary N) is 1. The molecule has 0 bridgehead atoms. The van der Waals surface area contributed by atoms with Crippen molar-refractivity contribution in [2.45, 2.75) is 20.1 Å². The maximum atomic E-state index is 12.7. The van der Waals surface area contributed by atoms with Crippen LogP contribution in [0.1, 0.15) is 18.1 Å². The standard InChI is InChI=1S/C22H32N6O3.HI/c1-4-30-10-11-31-17-19-7-5-6-18(12-19)13-24-22(23-2)27-8-9-28(21(29)16-27)20-14-25-26(3)15-20;/h5-7,12,14-15H,4,8-11,13,16-17H2,1-3H3,(H,23,24);1H. The van der Waals surface area contributed by atoms with Gasteiger partial charge in [0.1, 0.15) is 6.54 Å². The van der Waals surface area contributed by atoms with Crippen LogP contribution in [-0.4, -0.2) is 73.0 Å². The SMILES string of the molecule is CCOCCOCc1cccc(CNC(=NC)N2CCN(c3cnn(C)c3)C(=O)C2)c1.I. The van der Waals surface area contributed by atoms with Crippen LogP contribution in [0.15, 0.2) is 41.7 Å². The number of amides is 1. The van der Waals surface area contributed by atoms with Crippen LogP contribution in [-0.2, 0) is 34.5 Å². The fourth-order valence-corrected chi connectivity index (χ4v) is 3.47. The van der Waals surface area contributed by atoms with Gasteiger partial charge in [-0.15, -0.1) is 24.0 Å². The summed E-state index contributed by atoms with van der Waals surface area (Å²) in [5, 5.41) is 7.53. The van der Waals surface area contributed by atoms with Gasteiger partial charge in [0.15, 0.2) is 5.96 Å². The molecule has 1 aliphatic rings. The minimum absolute atomic E-state index is 0. The van der Waals surface area contributed by atoms with E-state index in [1.54, 1.807) is 22.8 Å². The van der Waals surface area contributed by atoms with E-state index >= 15 is 0 Å². The highest BCUT2D eigenvalue weighted by molar-refractivity contribution is 14.0. The van der Waals surface area contributed by atoms with Gasteiger partial charge in [-0.25, -0.2) is 0 Å². The molecule has 1 aromatic heterocycles. The van der Waals surface area contributed by atoms with Crippen molar-refractivity contribution in [3.05, 3.63) is 47.8 Å². The summed E-state index contributed by atoms with van der Waals surface area (Å²) in [6.07, 6.45) is 3.57. The maximum Gasteiger partial charge on any atom is 0.246 e. The molecule has 2 heterocycles. The van der Waals surface area contributed by atoms with Gasteiger partial charge in [-0.05, 0) is 18.1 Å². The molecule has 0 atom stereocenters. The number of carbonyl (C=O) groups is 1. The van der Waals surface area contributed by atoms with Gasteiger partial charge >= 0.3 is 0 Å². The number of aryl methyl sites for hydroxylation is 1. The van der Waals surface area contributed by atoms with E-state index in [0.29, 0.717) is 46.1 Å². The van der Waals surface area contributed by atoms with Crippen molar-refractivity contribution in [3.8, 4) is 0 Å². The van der Waals surface area contributed by atoms with E-state index in [0.717, 1.165) is 22.8 Å². The number of carbonyl (C=O) groups excluding carboxylic acids is 1. The molecule has 0 radical (unpaired) electrons. The Labute approximate surface area is 206 Å². The first-order valence-corrected chi connectivity index (χ1v) is 10.6. The van der Waals surface area contributed by atoms with E-state index in [1.807, 2.05) is 31.1 Å². The first kappa shape index (κ1) is 26.1. The smallest absolute Gasteiger partial charge is 0.246 e. The first-order chi connectivity index (χ1) is 15.1. The van der Waals surface area contributed by atoms with E-state index in [1.165, 1.54) is 0 Å². The van der Waals surface area contributed by atoms with Gasteiger partial charge in [-0.2, -0.15) is 5.10 Å². The molecule has 32 heavy (non-hydrogen) atoms. The van der Waals surface area contributed by atoms with Gasteiger partial charge in [-0.1, -0.05) is 24.3 Å². The second kappa shape index (κ2) is 13.4. The molecule has 10 heteroatoms. The number of aliphatic imine (C=N–C) groups is 1. The normalized spacial score (nSPS) is 14.5. The largest absolute Gasteiger partial charge is 0.379 e. The Morgan fingerprint density at radius 1 is 1.22 bits per heavy atom. The Morgan fingerprint density at radius 3 is 2.69 bits per heavy atom. The maximum absolute atomic E-state index is 12.7. The molecule has 1 amide bonds. The quantitative estimate of drug-likeness (QED) is 0.220. The third-order valence-corrected chi connectivity index (χ3v) is 5.02. The average Bonchev–Trinajstić information content (AvgIpc) is 3.20. The average molecular weight is 556 g/mol. The second-order valence-corrected chi connectivity index (χ2v) is 7.31. The fraction of sp³-hybridized carbons (Fsp3) is 0.500. The Kier molecular flexibility index (Phi) is 10.9. The van der Waals surface area contributed by atoms with E-state index in [-0.39, 0.29) is 36.4 Å². The predicted molar refractivity (Wildman–Crippen MR) is 135 cm³/mol. The van der Waals surface area contributed by atoms with Crippen LogP contribution in [0.4, 0.5) is 5.69 Å². The lowest BCUT2D eigenvalue weighted by Crippen LogP contribution is -2.55. The molecule has 1 fully saturated rings. The molecule has 1 aromatic carbocycles. The highest BCUT2D eigenvalue weighted by Crippen LogP contribution is 2.16. The summed E-state index contributed by atoms with van der Waals surface area (Å²) in [7, 11) is 3.58. The third-order valence-electron chi connectivity index (χ3n) is 5.02. The van der Waals surface area contributed by atoms with Gasteiger partial charge < -0.3 is 24.6 Å². The molecule has 2 aromatic rings. The molecular weight excluding hydrogens is 523 g/mol. The van der Waals surface area contributed by atoms with E-state index in [2.05, 4.69) is 33.6 Å². The zero-order chi connectivity index (χ0) is 22.1. The predicted octanol–water partition coefficient (Wildman–Crippen LogP) is 2.02. The van der Waals surface area contributed by atoms with Gasteiger partial charge in [0.2, 0.25) is 5.91 Å². The van der Waals surface area contributed by atoms with Crippen molar-refractivity contribution in [1.29, 1.82) is 0 Å². The van der Waals surface area contributed by atoms with Crippen LogP contribution in [0.3, 0.4) is 0 Å². The molecule has 3 rings (SSSR count). The van der Waals surface area contributed by atoms with E-state index < -0.39 is 0 Å². The van der Waals surface area contributed by atoms with Gasteiger partial charge in [0.05, 0.1) is 31.7 Å². The summed E-state index contributed by atoms with van der Waals surface area (Å²) in [5.74, 6) is 0.756. The van der Waals surface area contributed by atoms with Gasteiger partial charge in [-0.3, -0.25) is 14.5 Å². The highest BCUT2D eigenvalue weighted by Gasteiger charge is 2.27. The number of anilines is 1. The Balaban J connectivity index is 0.00000363. The number of piperazine rings is 1. The number of hydrogen-bond acceptors (Lipinski definition) is 5. The van der Waals surface area contributed by atoms with E-state index in [4.69, 9.17) is 9.47 Å². The van der Waals surface area contributed by atoms with Gasteiger partial charge in [0.25, 0.3) is 0 Å². The lowest BCUT2D eigenvalue weighted by molar-refractivity contribution is -0.120. The monoisotopic (exact) mass is 556 g/mol. The van der Waals surface area contributed by atoms with Crippen LogP contribution in [0.5, 0.6) is 0 Å². The molecule has 0 aliphatic carbocycles. The van der Waals surface area contributed by atoms with Crippen molar-refractivity contribution < 1.29 is 14.3 Å². The summed E-state index contributed by atoms with van der Waals surface area (Å²) in [6.45, 7) is 6.63. The van der Waals surface area contributed by atoms with Crippen molar-refractivity contribution in [3.63, 3.8) is 0 Å². The molecule has 1 N–H and O–H groups in total. The lowest BCUT2D eigenvalue weighted by Gasteiger charge is -2.35. The molecular formula is C22H33IN6O3. The number of rotatable bonds is 9. The topological polar surface area (TPSA) is 84.2 Å². The summed E-state index contributed by atoms with van der Waals surface area (Å²) in [6, 6.07) is 8.26. The first-order valence-electron chi connectivity index (χ1n) is 10.6.